The number of carbonyl (C=O) groups excluding carboxylic acids is 1. The van der Waals surface area contributed by atoms with Gasteiger partial charge in [0.2, 0.25) is 0 Å². The van der Waals surface area contributed by atoms with Crippen molar-refractivity contribution in [2.45, 2.75) is 38.6 Å². The highest BCUT2D eigenvalue weighted by molar-refractivity contribution is 5.75. The molecular weight excluding hydrogens is 266 g/mol. The Morgan fingerprint density at radius 1 is 1.29 bits per heavy atom. The minimum absolute atomic E-state index is 0.0584. The number of esters is 1. The Morgan fingerprint density at radius 2 is 2.05 bits per heavy atom. The molecular formula is C17H25NO3. The molecule has 1 aromatic rings. The number of benzene rings is 1. The van der Waals surface area contributed by atoms with Crippen molar-refractivity contribution in [2.24, 2.45) is 0 Å². The number of hydrogen-bond donors (Lipinski definition) is 0. The maximum atomic E-state index is 12.0. The number of likely N-dealkylation sites (tertiary alicyclic amines) is 1. The largest absolute Gasteiger partial charge is 0.497 e. The summed E-state index contributed by atoms with van der Waals surface area (Å²) in [7, 11) is 1.67. The van der Waals surface area contributed by atoms with Gasteiger partial charge in [0.1, 0.15) is 11.8 Å². The van der Waals surface area contributed by atoms with Crippen LogP contribution in [0.4, 0.5) is 0 Å². The first-order valence-corrected chi connectivity index (χ1v) is 7.78. The molecule has 1 heterocycles. The summed E-state index contributed by atoms with van der Waals surface area (Å²) < 4.78 is 10.4. The summed E-state index contributed by atoms with van der Waals surface area (Å²) in [5, 5.41) is 0. The van der Waals surface area contributed by atoms with Gasteiger partial charge in [-0.1, -0.05) is 18.6 Å². The maximum absolute atomic E-state index is 12.0. The lowest BCUT2D eigenvalue weighted by Crippen LogP contribution is -2.46. The molecule has 4 heteroatoms. The fourth-order valence-corrected chi connectivity index (χ4v) is 2.83. The molecule has 116 valence electrons. The Bertz CT molecular complexity index is 444. The molecule has 0 radical (unpaired) electrons. The van der Waals surface area contributed by atoms with Gasteiger partial charge < -0.3 is 9.47 Å². The van der Waals surface area contributed by atoms with Gasteiger partial charge in [0, 0.05) is 6.54 Å². The van der Waals surface area contributed by atoms with Gasteiger partial charge in [-0.3, -0.25) is 9.69 Å². The summed E-state index contributed by atoms with van der Waals surface area (Å²) in [5.74, 6) is 0.813. The van der Waals surface area contributed by atoms with Crippen LogP contribution in [0.2, 0.25) is 0 Å². The van der Waals surface area contributed by atoms with Crippen molar-refractivity contribution in [3.05, 3.63) is 29.8 Å². The van der Waals surface area contributed by atoms with Gasteiger partial charge in [0.15, 0.2) is 0 Å². The average molecular weight is 291 g/mol. The summed E-state index contributed by atoms with van der Waals surface area (Å²) in [6.07, 6.45) is 4.14. The Hall–Kier alpha value is -1.55. The Balaban J connectivity index is 1.90. The molecule has 0 amide bonds. The molecule has 0 N–H and O–H groups in total. The molecule has 1 aromatic carbocycles. The van der Waals surface area contributed by atoms with Crippen LogP contribution in [0.25, 0.3) is 0 Å². The summed E-state index contributed by atoms with van der Waals surface area (Å²) in [4.78, 5) is 14.3. The number of rotatable bonds is 6. The molecule has 0 aliphatic carbocycles. The highest BCUT2D eigenvalue weighted by Gasteiger charge is 2.29. The van der Waals surface area contributed by atoms with E-state index in [9.17, 15) is 4.79 Å². The second kappa shape index (κ2) is 8.03. The van der Waals surface area contributed by atoms with Crippen LogP contribution in [0.3, 0.4) is 0 Å². The maximum Gasteiger partial charge on any atom is 0.323 e. The second-order valence-corrected chi connectivity index (χ2v) is 5.40. The molecule has 4 nitrogen and oxygen atoms in total. The number of nitrogens with zero attached hydrogens (tertiary/aromatic N) is 1. The van der Waals surface area contributed by atoms with Gasteiger partial charge in [0.25, 0.3) is 0 Å². The van der Waals surface area contributed by atoms with Crippen molar-refractivity contribution in [1.29, 1.82) is 0 Å². The Kier molecular flexibility index (Phi) is 6.05. The minimum Gasteiger partial charge on any atom is -0.497 e. The molecule has 2 rings (SSSR count). The van der Waals surface area contributed by atoms with Crippen molar-refractivity contribution in [3.8, 4) is 5.75 Å². The van der Waals surface area contributed by atoms with Gasteiger partial charge >= 0.3 is 5.97 Å². The predicted molar refractivity (Wildman–Crippen MR) is 82.5 cm³/mol. The van der Waals surface area contributed by atoms with Crippen LogP contribution in [-0.4, -0.2) is 43.7 Å². The van der Waals surface area contributed by atoms with E-state index in [-0.39, 0.29) is 12.0 Å². The van der Waals surface area contributed by atoms with E-state index in [0.29, 0.717) is 6.61 Å². The van der Waals surface area contributed by atoms with Crippen molar-refractivity contribution >= 4 is 5.97 Å². The lowest BCUT2D eigenvalue weighted by atomic mass is 10.0. The zero-order valence-corrected chi connectivity index (χ0v) is 13.0. The monoisotopic (exact) mass is 291 g/mol. The number of carbonyl (C=O) groups is 1. The molecule has 1 atom stereocenters. The fraction of sp³-hybridized carbons (Fsp3) is 0.588. The molecule has 21 heavy (non-hydrogen) atoms. The molecule has 1 unspecified atom stereocenters. The Labute approximate surface area is 127 Å². The highest BCUT2D eigenvalue weighted by Crippen LogP contribution is 2.19. The summed E-state index contributed by atoms with van der Waals surface area (Å²) in [6.45, 7) is 4.21. The van der Waals surface area contributed by atoms with Crippen LogP contribution in [0.15, 0.2) is 24.3 Å². The molecule has 0 spiro atoms. The van der Waals surface area contributed by atoms with Gasteiger partial charge in [-0.05, 0) is 50.4 Å². The Morgan fingerprint density at radius 3 is 2.71 bits per heavy atom. The molecule has 0 saturated carbocycles. The number of piperidine rings is 1. The van der Waals surface area contributed by atoms with Crippen LogP contribution in [0, 0.1) is 0 Å². The number of ether oxygens (including phenoxy) is 2. The molecule has 0 aromatic heterocycles. The molecule has 1 aliphatic heterocycles. The first-order valence-electron chi connectivity index (χ1n) is 7.78. The zero-order chi connectivity index (χ0) is 15.1. The van der Waals surface area contributed by atoms with Gasteiger partial charge in [0.05, 0.1) is 13.7 Å². The van der Waals surface area contributed by atoms with Crippen LogP contribution in [-0.2, 0) is 16.0 Å². The average Bonchev–Trinajstić information content (AvgIpc) is 2.54. The smallest absolute Gasteiger partial charge is 0.323 e. The second-order valence-electron chi connectivity index (χ2n) is 5.40. The zero-order valence-electron chi connectivity index (χ0n) is 13.0. The van der Waals surface area contributed by atoms with E-state index < -0.39 is 0 Å². The first-order chi connectivity index (χ1) is 10.2. The van der Waals surface area contributed by atoms with E-state index in [0.717, 1.165) is 38.1 Å². The standard InChI is InChI=1S/C17H25NO3/c1-3-21-17(19)16-6-4-5-12-18(16)13-11-14-7-9-15(20-2)10-8-14/h7-10,16H,3-6,11-13H2,1-2H3. The molecule has 1 aliphatic rings. The van der Waals surface area contributed by atoms with Crippen LogP contribution in [0.5, 0.6) is 5.75 Å². The van der Waals surface area contributed by atoms with Gasteiger partial charge in [-0.15, -0.1) is 0 Å². The van der Waals surface area contributed by atoms with E-state index in [1.165, 1.54) is 12.0 Å². The van der Waals surface area contributed by atoms with Gasteiger partial charge in [-0.25, -0.2) is 0 Å². The van der Waals surface area contributed by atoms with Crippen molar-refractivity contribution in [2.75, 3.05) is 26.8 Å². The SMILES string of the molecule is CCOC(=O)C1CCCCN1CCc1ccc(OC)cc1. The van der Waals surface area contributed by atoms with Crippen molar-refractivity contribution in [3.63, 3.8) is 0 Å². The van der Waals surface area contributed by atoms with E-state index in [2.05, 4.69) is 17.0 Å². The lowest BCUT2D eigenvalue weighted by molar-refractivity contribution is -0.150. The molecule has 1 fully saturated rings. The normalized spacial score (nSPS) is 19.2. The van der Waals surface area contributed by atoms with Crippen LogP contribution < -0.4 is 4.74 Å². The summed E-state index contributed by atoms with van der Waals surface area (Å²) >= 11 is 0. The minimum atomic E-state index is -0.0630. The lowest BCUT2D eigenvalue weighted by Gasteiger charge is -2.33. The third-order valence-corrected chi connectivity index (χ3v) is 4.02. The molecule has 1 saturated heterocycles. The van der Waals surface area contributed by atoms with Crippen LogP contribution in [0.1, 0.15) is 31.7 Å². The third-order valence-electron chi connectivity index (χ3n) is 4.02. The predicted octanol–water partition coefficient (Wildman–Crippen LogP) is 2.66. The van der Waals surface area contributed by atoms with Crippen LogP contribution >= 0.6 is 0 Å². The molecule has 0 bridgehead atoms. The van der Waals surface area contributed by atoms with Gasteiger partial charge in [-0.2, -0.15) is 0 Å². The van der Waals surface area contributed by atoms with E-state index >= 15 is 0 Å². The van der Waals surface area contributed by atoms with E-state index in [4.69, 9.17) is 9.47 Å². The van der Waals surface area contributed by atoms with Crippen molar-refractivity contribution < 1.29 is 14.3 Å². The number of methoxy groups -OCH3 is 1. The first kappa shape index (κ1) is 15.8. The van der Waals surface area contributed by atoms with Crippen molar-refractivity contribution in [1.82, 2.24) is 4.90 Å². The summed E-state index contributed by atoms with van der Waals surface area (Å²) in [5.41, 5.74) is 1.27. The van der Waals surface area contributed by atoms with E-state index in [1.54, 1.807) is 7.11 Å². The fourth-order valence-electron chi connectivity index (χ4n) is 2.83. The summed E-state index contributed by atoms with van der Waals surface area (Å²) in [6, 6.07) is 8.07. The topological polar surface area (TPSA) is 38.8 Å². The quantitative estimate of drug-likeness (QED) is 0.755. The number of hydrogen-bond acceptors (Lipinski definition) is 4. The van der Waals surface area contributed by atoms with E-state index in [1.807, 2.05) is 19.1 Å². The third kappa shape index (κ3) is 4.46. The highest BCUT2D eigenvalue weighted by atomic mass is 16.5.